The van der Waals surface area contributed by atoms with Crippen LogP contribution in [0.4, 0.5) is 5.69 Å². The molecule has 3 heteroatoms. The maximum absolute atomic E-state index is 5.21. The highest BCUT2D eigenvalue weighted by atomic mass is 16.3. The van der Waals surface area contributed by atoms with Crippen molar-refractivity contribution in [3.63, 3.8) is 0 Å². The third-order valence-electron chi connectivity index (χ3n) is 4.95. The predicted octanol–water partition coefficient (Wildman–Crippen LogP) is 4.50. The lowest BCUT2D eigenvalue weighted by Crippen LogP contribution is -2.37. The second-order valence-electron chi connectivity index (χ2n) is 6.83. The van der Waals surface area contributed by atoms with Crippen molar-refractivity contribution >= 4 is 5.69 Å². The second kappa shape index (κ2) is 7.22. The minimum absolute atomic E-state index is 0.585. The summed E-state index contributed by atoms with van der Waals surface area (Å²) in [5, 5.41) is 0. The molecule has 1 aliphatic heterocycles. The van der Waals surface area contributed by atoms with E-state index in [1.54, 1.807) is 6.26 Å². The van der Waals surface area contributed by atoms with Crippen molar-refractivity contribution in [3.05, 3.63) is 54.0 Å². The van der Waals surface area contributed by atoms with Gasteiger partial charge < -0.3 is 9.32 Å². The van der Waals surface area contributed by atoms with Gasteiger partial charge in [-0.3, -0.25) is 4.90 Å². The molecule has 2 aromatic rings. The molecule has 0 amide bonds. The lowest BCUT2D eigenvalue weighted by atomic mass is 10.0. The van der Waals surface area contributed by atoms with Crippen LogP contribution in [-0.4, -0.2) is 30.6 Å². The van der Waals surface area contributed by atoms with Crippen molar-refractivity contribution in [1.29, 1.82) is 0 Å². The Bertz CT molecular complexity index is 606. The van der Waals surface area contributed by atoms with E-state index >= 15 is 0 Å². The number of hydrogen-bond donors (Lipinski definition) is 0. The van der Waals surface area contributed by atoms with Gasteiger partial charge in [0, 0.05) is 36.9 Å². The molecule has 124 valence electrons. The molecule has 1 atom stereocenters. The number of benzene rings is 1. The number of furan rings is 1. The first-order chi connectivity index (χ1) is 11.2. The standard InChI is InChI=1S/C20H28N2O/c1-4-21(13-17-9-11-23-15-17)20-8-10-22(14-20)19-7-5-6-18(12-19)16(2)3/h5-7,9,11-12,15-16,20H,4,8,10,13-14H2,1-3H3. The van der Waals surface area contributed by atoms with E-state index in [1.807, 2.05) is 6.26 Å². The van der Waals surface area contributed by atoms with E-state index in [4.69, 9.17) is 4.42 Å². The topological polar surface area (TPSA) is 19.6 Å². The number of nitrogens with zero attached hydrogens (tertiary/aromatic N) is 2. The van der Waals surface area contributed by atoms with Gasteiger partial charge in [-0.15, -0.1) is 0 Å². The van der Waals surface area contributed by atoms with E-state index in [0.717, 1.165) is 26.2 Å². The quantitative estimate of drug-likeness (QED) is 0.783. The molecule has 1 unspecified atom stereocenters. The Morgan fingerprint density at radius 2 is 2.17 bits per heavy atom. The third kappa shape index (κ3) is 3.78. The highest BCUT2D eigenvalue weighted by Crippen LogP contribution is 2.27. The van der Waals surface area contributed by atoms with E-state index in [9.17, 15) is 0 Å². The molecule has 1 aliphatic rings. The fourth-order valence-corrected chi connectivity index (χ4v) is 3.47. The van der Waals surface area contributed by atoms with Gasteiger partial charge in [-0.25, -0.2) is 0 Å². The fourth-order valence-electron chi connectivity index (χ4n) is 3.47. The second-order valence-corrected chi connectivity index (χ2v) is 6.83. The Kier molecular flexibility index (Phi) is 5.06. The Morgan fingerprint density at radius 3 is 2.87 bits per heavy atom. The van der Waals surface area contributed by atoms with E-state index in [-0.39, 0.29) is 0 Å². The molecule has 1 fully saturated rings. The molecule has 0 bridgehead atoms. The molecule has 1 aromatic heterocycles. The van der Waals surface area contributed by atoms with Crippen LogP contribution in [0.2, 0.25) is 0 Å². The number of hydrogen-bond acceptors (Lipinski definition) is 3. The maximum Gasteiger partial charge on any atom is 0.0947 e. The molecule has 0 radical (unpaired) electrons. The highest BCUT2D eigenvalue weighted by molar-refractivity contribution is 5.50. The maximum atomic E-state index is 5.21. The van der Waals surface area contributed by atoms with Gasteiger partial charge in [0.25, 0.3) is 0 Å². The van der Waals surface area contributed by atoms with E-state index in [1.165, 1.54) is 23.2 Å². The number of anilines is 1. The van der Waals surface area contributed by atoms with Crippen LogP contribution in [0.15, 0.2) is 47.3 Å². The summed E-state index contributed by atoms with van der Waals surface area (Å²) >= 11 is 0. The van der Waals surface area contributed by atoms with Gasteiger partial charge in [0.2, 0.25) is 0 Å². The monoisotopic (exact) mass is 312 g/mol. The highest BCUT2D eigenvalue weighted by Gasteiger charge is 2.27. The summed E-state index contributed by atoms with van der Waals surface area (Å²) in [6.45, 7) is 11.1. The van der Waals surface area contributed by atoms with Gasteiger partial charge in [-0.2, -0.15) is 0 Å². The lowest BCUT2D eigenvalue weighted by Gasteiger charge is -2.28. The van der Waals surface area contributed by atoms with Crippen molar-refractivity contribution in [1.82, 2.24) is 4.90 Å². The van der Waals surface area contributed by atoms with Gasteiger partial charge in [-0.05, 0) is 42.6 Å². The van der Waals surface area contributed by atoms with Crippen LogP contribution in [0.25, 0.3) is 0 Å². The normalized spacial score (nSPS) is 18.3. The molecular weight excluding hydrogens is 284 g/mol. The number of likely N-dealkylation sites (N-methyl/N-ethyl adjacent to an activating group) is 1. The van der Waals surface area contributed by atoms with Crippen molar-refractivity contribution in [3.8, 4) is 0 Å². The molecule has 1 aromatic carbocycles. The van der Waals surface area contributed by atoms with Crippen molar-refractivity contribution in [2.24, 2.45) is 0 Å². The molecule has 3 rings (SSSR count). The van der Waals surface area contributed by atoms with Crippen LogP contribution in [0.3, 0.4) is 0 Å². The van der Waals surface area contributed by atoms with E-state index in [2.05, 4.69) is 60.9 Å². The Labute approximate surface area is 139 Å². The molecule has 3 nitrogen and oxygen atoms in total. The summed E-state index contributed by atoms with van der Waals surface area (Å²) in [5.41, 5.74) is 4.07. The molecular formula is C20H28N2O. The molecule has 0 spiro atoms. The Balaban J connectivity index is 1.66. The Morgan fingerprint density at radius 1 is 1.30 bits per heavy atom. The van der Waals surface area contributed by atoms with Gasteiger partial charge in [-0.1, -0.05) is 32.9 Å². The average Bonchev–Trinajstić information content (AvgIpc) is 3.24. The molecule has 0 saturated carbocycles. The van der Waals surface area contributed by atoms with E-state index in [0.29, 0.717) is 12.0 Å². The van der Waals surface area contributed by atoms with Crippen molar-refractivity contribution in [2.45, 2.75) is 45.7 Å². The summed E-state index contributed by atoms with van der Waals surface area (Å²) in [6.07, 6.45) is 4.86. The molecule has 0 aliphatic carbocycles. The molecule has 1 saturated heterocycles. The smallest absolute Gasteiger partial charge is 0.0947 e. The van der Waals surface area contributed by atoms with Crippen molar-refractivity contribution in [2.75, 3.05) is 24.5 Å². The molecule has 2 heterocycles. The van der Waals surface area contributed by atoms with Crippen LogP contribution >= 0.6 is 0 Å². The first-order valence-corrected chi connectivity index (χ1v) is 8.77. The first-order valence-electron chi connectivity index (χ1n) is 8.77. The molecule has 0 N–H and O–H groups in total. The van der Waals surface area contributed by atoms with Gasteiger partial charge in [0.1, 0.15) is 0 Å². The van der Waals surface area contributed by atoms with Crippen LogP contribution in [-0.2, 0) is 6.54 Å². The number of rotatable bonds is 6. The molecule has 23 heavy (non-hydrogen) atoms. The van der Waals surface area contributed by atoms with Crippen LogP contribution in [0.1, 0.15) is 44.2 Å². The summed E-state index contributed by atoms with van der Waals surface area (Å²) in [5.74, 6) is 0.585. The minimum atomic E-state index is 0.585. The zero-order valence-electron chi connectivity index (χ0n) is 14.5. The van der Waals surface area contributed by atoms with Gasteiger partial charge >= 0.3 is 0 Å². The zero-order valence-corrected chi connectivity index (χ0v) is 14.5. The summed E-state index contributed by atoms with van der Waals surface area (Å²) in [4.78, 5) is 5.10. The third-order valence-corrected chi connectivity index (χ3v) is 4.95. The largest absolute Gasteiger partial charge is 0.472 e. The van der Waals surface area contributed by atoms with Crippen molar-refractivity contribution < 1.29 is 4.42 Å². The van der Waals surface area contributed by atoms with Crippen LogP contribution < -0.4 is 4.90 Å². The lowest BCUT2D eigenvalue weighted by molar-refractivity contribution is 0.211. The minimum Gasteiger partial charge on any atom is -0.472 e. The zero-order chi connectivity index (χ0) is 16.2. The van der Waals surface area contributed by atoms with Gasteiger partial charge in [0.05, 0.1) is 12.5 Å². The first kappa shape index (κ1) is 16.1. The summed E-state index contributed by atoms with van der Waals surface area (Å²) in [6, 6.07) is 11.7. The van der Waals surface area contributed by atoms with Gasteiger partial charge in [0.15, 0.2) is 0 Å². The van der Waals surface area contributed by atoms with E-state index < -0.39 is 0 Å². The fraction of sp³-hybridized carbons (Fsp3) is 0.500. The van der Waals surface area contributed by atoms with Crippen LogP contribution in [0.5, 0.6) is 0 Å². The summed E-state index contributed by atoms with van der Waals surface area (Å²) < 4.78 is 5.21. The SMILES string of the molecule is CCN(Cc1ccoc1)C1CCN(c2cccc(C(C)C)c2)C1. The predicted molar refractivity (Wildman–Crippen MR) is 95.9 cm³/mol. The Hall–Kier alpha value is -1.74. The average molecular weight is 312 g/mol. The van der Waals surface area contributed by atoms with Crippen LogP contribution in [0, 0.1) is 0 Å². The summed E-state index contributed by atoms with van der Waals surface area (Å²) in [7, 11) is 0.